The molecule has 0 bridgehead atoms. The van der Waals surface area contributed by atoms with E-state index in [1.165, 1.54) is 0 Å². The first kappa shape index (κ1) is 17.4. The van der Waals surface area contributed by atoms with E-state index in [2.05, 4.69) is 13.2 Å². The van der Waals surface area contributed by atoms with Gasteiger partial charge in [-0.2, -0.15) is 0 Å². The molecular weight excluding hydrogens is 260 g/mol. The second kappa shape index (κ2) is 9.36. The van der Waals surface area contributed by atoms with Crippen molar-refractivity contribution >= 4 is 18.3 Å². The minimum atomic E-state index is -0.268. The highest BCUT2D eigenvalue weighted by Crippen LogP contribution is 2.14. The van der Waals surface area contributed by atoms with Crippen LogP contribution in [0.3, 0.4) is 0 Å². The summed E-state index contributed by atoms with van der Waals surface area (Å²) in [5.74, 6) is 0.0196. The molecular formula is C15H21ClN2O. The fraction of sp³-hybridized carbons (Fsp3) is 0.267. The summed E-state index contributed by atoms with van der Waals surface area (Å²) in [7, 11) is 0. The quantitative estimate of drug-likeness (QED) is 0.781. The number of rotatable bonds is 7. The zero-order valence-corrected chi connectivity index (χ0v) is 11.8. The van der Waals surface area contributed by atoms with Gasteiger partial charge in [0.1, 0.15) is 0 Å². The number of halogens is 1. The van der Waals surface area contributed by atoms with Crippen molar-refractivity contribution in [1.29, 1.82) is 0 Å². The molecule has 0 aliphatic carbocycles. The lowest BCUT2D eigenvalue weighted by molar-refractivity contribution is -0.130. The molecule has 1 aromatic carbocycles. The van der Waals surface area contributed by atoms with E-state index in [-0.39, 0.29) is 24.4 Å². The molecule has 0 radical (unpaired) electrons. The molecule has 0 aromatic heterocycles. The maximum atomic E-state index is 12.1. The Balaban J connectivity index is 0.00000324. The Kier molecular flexibility index (Phi) is 8.58. The van der Waals surface area contributed by atoms with E-state index in [0.717, 1.165) is 5.56 Å². The standard InChI is InChI=1S/C15H20N2O.ClH/c1-3-10-17(11-4-2)15(18)12-14(16)13-8-6-5-7-9-13;/h3-9,14H,1-2,10-12,16H2;1H. The van der Waals surface area contributed by atoms with Crippen LogP contribution in [-0.2, 0) is 4.79 Å². The van der Waals surface area contributed by atoms with Gasteiger partial charge in [-0.1, -0.05) is 42.5 Å². The number of carbonyl (C=O) groups is 1. The van der Waals surface area contributed by atoms with Crippen LogP contribution in [0.25, 0.3) is 0 Å². The molecule has 1 unspecified atom stereocenters. The summed E-state index contributed by atoms with van der Waals surface area (Å²) in [6.07, 6.45) is 3.70. The van der Waals surface area contributed by atoms with E-state index in [9.17, 15) is 4.79 Å². The lowest BCUT2D eigenvalue weighted by Crippen LogP contribution is -2.33. The van der Waals surface area contributed by atoms with Crippen molar-refractivity contribution in [1.82, 2.24) is 4.90 Å². The van der Waals surface area contributed by atoms with Crippen molar-refractivity contribution in [2.24, 2.45) is 5.73 Å². The highest BCUT2D eigenvalue weighted by molar-refractivity contribution is 5.85. The van der Waals surface area contributed by atoms with Gasteiger partial charge < -0.3 is 10.6 Å². The van der Waals surface area contributed by atoms with E-state index in [1.54, 1.807) is 17.1 Å². The van der Waals surface area contributed by atoms with Crippen molar-refractivity contribution in [2.45, 2.75) is 12.5 Å². The van der Waals surface area contributed by atoms with Crippen LogP contribution in [0, 0.1) is 0 Å². The lowest BCUT2D eigenvalue weighted by Gasteiger charge is -2.21. The second-order valence-electron chi connectivity index (χ2n) is 4.10. The summed E-state index contributed by atoms with van der Waals surface area (Å²) in [6, 6.07) is 9.37. The van der Waals surface area contributed by atoms with Gasteiger partial charge in [0, 0.05) is 25.6 Å². The van der Waals surface area contributed by atoms with Gasteiger partial charge in [-0.05, 0) is 5.56 Å². The highest BCUT2D eigenvalue weighted by atomic mass is 35.5. The Labute approximate surface area is 121 Å². The van der Waals surface area contributed by atoms with Gasteiger partial charge >= 0.3 is 0 Å². The molecule has 3 nitrogen and oxygen atoms in total. The number of benzene rings is 1. The number of carbonyl (C=O) groups excluding carboxylic acids is 1. The maximum absolute atomic E-state index is 12.1. The largest absolute Gasteiger partial charge is 0.335 e. The van der Waals surface area contributed by atoms with Gasteiger partial charge in [-0.25, -0.2) is 0 Å². The third-order valence-corrected chi connectivity index (χ3v) is 2.67. The summed E-state index contributed by atoms with van der Waals surface area (Å²) in [5.41, 5.74) is 7.00. The molecule has 0 fully saturated rings. The van der Waals surface area contributed by atoms with Gasteiger partial charge in [-0.3, -0.25) is 4.79 Å². The van der Waals surface area contributed by atoms with Crippen molar-refractivity contribution in [3.63, 3.8) is 0 Å². The van der Waals surface area contributed by atoms with Crippen molar-refractivity contribution < 1.29 is 4.79 Å². The third-order valence-electron chi connectivity index (χ3n) is 2.67. The monoisotopic (exact) mass is 280 g/mol. The Bertz CT molecular complexity index is 396. The molecule has 0 aliphatic rings. The third kappa shape index (κ3) is 5.73. The lowest BCUT2D eigenvalue weighted by atomic mass is 10.0. The first-order valence-corrected chi connectivity index (χ1v) is 5.99. The Hall–Kier alpha value is -1.58. The number of nitrogens with two attached hydrogens (primary N) is 1. The van der Waals surface area contributed by atoms with Crippen LogP contribution in [0.2, 0.25) is 0 Å². The summed E-state index contributed by atoms with van der Waals surface area (Å²) in [5, 5.41) is 0. The smallest absolute Gasteiger partial charge is 0.225 e. The van der Waals surface area contributed by atoms with Crippen molar-refractivity contribution in [3.8, 4) is 0 Å². The van der Waals surface area contributed by atoms with Crippen LogP contribution in [-0.4, -0.2) is 23.9 Å². The van der Waals surface area contributed by atoms with Gasteiger partial charge in [0.05, 0.1) is 0 Å². The van der Waals surface area contributed by atoms with Crippen LogP contribution in [0.5, 0.6) is 0 Å². The predicted molar refractivity (Wildman–Crippen MR) is 82.2 cm³/mol. The molecule has 4 heteroatoms. The second-order valence-corrected chi connectivity index (χ2v) is 4.10. The first-order chi connectivity index (χ1) is 8.69. The van der Waals surface area contributed by atoms with Crippen molar-refractivity contribution in [2.75, 3.05) is 13.1 Å². The summed E-state index contributed by atoms with van der Waals surface area (Å²) < 4.78 is 0. The molecule has 2 N–H and O–H groups in total. The minimum absolute atomic E-state index is 0. The topological polar surface area (TPSA) is 46.3 Å². The fourth-order valence-electron chi connectivity index (χ4n) is 1.73. The predicted octanol–water partition coefficient (Wildman–Crippen LogP) is 2.70. The van der Waals surface area contributed by atoms with Gasteiger partial charge in [0.25, 0.3) is 0 Å². The average Bonchev–Trinajstić information content (AvgIpc) is 2.39. The van der Waals surface area contributed by atoms with Gasteiger partial charge in [-0.15, -0.1) is 25.6 Å². The molecule has 0 aliphatic heterocycles. The van der Waals surface area contributed by atoms with Crippen LogP contribution in [0.1, 0.15) is 18.0 Å². The average molecular weight is 281 g/mol. The van der Waals surface area contributed by atoms with E-state index >= 15 is 0 Å². The van der Waals surface area contributed by atoms with Crippen LogP contribution < -0.4 is 5.73 Å². The highest BCUT2D eigenvalue weighted by Gasteiger charge is 2.15. The van der Waals surface area contributed by atoms with Crippen LogP contribution in [0.4, 0.5) is 0 Å². The molecule has 1 atom stereocenters. The van der Waals surface area contributed by atoms with E-state index < -0.39 is 0 Å². The van der Waals surface area contributed by atoms with E-state index in [4.69, 9.17) is 5.73 Å². The number of amides is 1. The molecule has 1 rings (SSSR count). The molecule has 0 heterocycles. The first-order valence-electron chi connectivity index (χ1n) is 5.99. The normalized spacial score (nSPS) is 11.0. The SMILES string of the molecule is C=CCN(CC=C)C(=O)CC(N)c1ccccc1.Cl. The molecule has 0 saturated carbocycles. The number of hydrogen-bond acceptors (Lipinski definition) is 2. The van der Waals surface area contributed by atoms with E-state index in [1.807, 2.05) is 30.3 Å². The fourth-order valence-corrected chi connectivity index (χ4v) is 1.73. The minimum Gasteiger partial charge on any atom is -0.335 e. The maximum Gasteiger partial charge on any atom is 0.225 e. The molecule has 0 saturated heterocycles. The summed E-state index contributed by atoms with van der Waals surface area (Å²) in [4.78, 5) is 13.7. The molecule has 1 aromatic rings. The molecule has 0 spiro atoms. The molecule has 1 amide bonds. The van der Waals surface area contributed by atoms with Gasteiger partial charge in [0.2, 0.25) is 5.91 Å². The molecule has 104 valence electrons. The number of hydrogen-bond donors (Lipinski definition) is 1. The molecule has 19 heavy (non-hydrogen) atoms. The zero-order chi connectivity index (χ0) is 13.4. The zero-order valence-electron chi connectivity index (χ0n) is 11.0. The Morgan fingerprint density at radius 2 is 1.74 bits per heavy atom. The van der Waals surface area contributed by atoms with E-state index in [0.29, 0.717) is 19.5 Å². The summed E-state index contributed by atoms with van der Waals surface area (Å²) in [6.45, 7) is 8.33. The van der Waals surface area contributed by atoms with Crippen LogP contribution >= 0.6 is 12.4 Å². The van der Waals surface area contributed by atoms with Crippen molar-refractivity contribution in [3.05, 3.63) is 61.2 Å². The van der Waals surface area contributed by atoms with Gasteiger partial charge in [0.15, 0.2) is 0 Å². The number of nitrogens with zero attached hydrogens (tertiary/aromatic N) is 1. The Morgan fingerprint density at radius 3 is 2.21 bits per heavy atom. The Morgan fingerprint density at radius 1 is 1.21 bits per heavy atom. The summed E-state index contributed by atoms with van der Waals surface area (Å²) >= 11 is 0. The van der Waals surface area contributed by atoms with Crippen LogP contribution in [0.15, 0.2) is 55.6 Å².